The molecule has 0 aliphatic heterocycles. The SMILES string of the molecule is C=C(CCCCCCCC)OOC(C)c1ccc(N=Nc2ccc(/C=C\c3ccc(N=Nc4ccc(OC(=O)CCCCCCCCCCC)cc4)cc3S(=O)(=O)O)c(S(=O)(=O)O)c2)cc1.CCCCOc1ccc(C(=O)Oc2ccc3ccccc3c2-c2c(OC(=O)c3ccc(OCCCC)cc3)ccc3ccccc23)cc1. The number of azo groups is 2. The number of nitrogens with zero attached hydrogens (tertiary/aromatic N) is 4. The summed E-state index contributed by atoms with van der Waals surface area (Å²) in [6.45, 7) is 15.6. The van der Waals surface area contributed by atoms with E-state index in [2.05, 4.69) is 54.7 Å². The van der Waals surface area contributed by atoms with Gasteiger partial charge in [0.05, 0.1) is 47.1 Å². The molecule has 10 rings (SSSR count). The van der Waals surface area contributed by atoms with E-state index in [0.29, 0.717) is 87.8 Å². The van der Waals surface area contributed by atoms with Gasteiger partial charge in [-0.05, 0) is 192 Å². The van der Waals surface area contributed by atoms with Crippen molar-refractivity contribution in [3.8, 4) is 39.9 Å². The first-order chi connectivity index (χ1) is 55.2. The Morgan fingerprint density at radius 3 is 1.22 bits per heavy atom. The summed E-state index contributed by atoms with van der Waals surface area (Å²) >= 11 is 0. The lowest BCUT2D eigenvalue weighted by molar-refractivity contribution is -0.295. The normalized spacial score (nSPS) is 11.9. The first-order valence-corrected chi connectivity index (χ1v) is 42.2. The third-order valence-corrected chi connectivity index (χ3v) is 20.6. The van der Waals surface area contributed by atoms with Gasteiger partial charge in [0.2, 0.25) is 0 Å². The molecule has 20 nitrogen and oxygen atoms in total. The predicted molar refractivity (Wildman–Crippen MR) is 448 cm³/mol. The van der Waals surface area contributed by atoms with Crippen molar-refractivity contribution < 1.29 is 73.8 Å². The van der Waals surface area contributed by atoms with E-state index in [4.69, 9.17) is 33.5 Å². The molecule has 0 spiro atoms. The third-order valence-electron chi connectivity index (χ3n) is 18.7. The zero-order chi connectivity index (χ0) is 81.1. The van der Waals surface area contributed by atoms with Gasteiger partial charge in [0.25, 0.3) is 20.2 Å². The zero-order valence-electron chi connectivity index (χ0n) is 65.5. The number of hydrogen-bond donors (Lipinski definition) is 2. The van der Waals surface area contributed by atoms with E-state index in [9.17, 15) is 40.3 Å². The quantitative estimate of drug-likeness (QED) is 0.00414. The molecule has 0 fully saturated rings. The fraction of sp³-hybridized carbons (Fsp3) is 0.315. The van der Waals surface area contributed by atoms with E-state index >= 15 is 0 Å². The van der Waals surface area contributed by atoms with Crippen molar-refractivity contribution in [2.24, 2.45) is 20.5 Å². The lowest BCUT2D eigenvalue weighted by Gasteiger charge is -2.19. The Morgan fingerprint density at radius 1 is 0.412 bits per heavy atom. The summed E-state index contributed by atoms with van der Waals surface area (Å²) in [6.07, 6.45) is 24.6. The Bertz CT molecular complexity index is 5000. The number of allylic oxidation sites excluding steroid dienone is 1. The molecule has 1 unspecified atom stereocenters. The van der Waals surface area contributed by atoms with E-state index in [1.165, 1.54) is 101 Å². The number of hydrogen-bond acceptors (Lipinski definition) is 18. The van der Waals surface area contributed by atoms with Crippen LogP contribution in [-0.2, 0) is 34.8 Å². The lowest BCUT2D eigenvalue weighted by Crippen LogP contribution is -2.11. The fourth-order valence-corrected chi connectivity index (χ4v) is 13.8. The van der Waals surface area contributed by atoms with Crippen LogP contribution >= 0.6 is 0 Å². The number of unbranched alkanes of at least 4 members (excludes halogenated alkanes) is 15. The van der Waals surface area contributed by atoms with E-state index in [1.807, 2.05) is 67.6 Å². The van der Waals surface area contributed by atoms with Crippen molar-refractivity contribution in [3.05, 3.63) is 246 Å². The van der Waals surface area contributed by atoms with Gasteiger partial charge in [-0.2, -0.15) is 42.2 Å². The predicted octanol–water partition coefficient (Wildman–Crippen LogP) is 25.7. The maximum atomic E-state index is 13.6. The van der Waals surface area contributed by atoms with Gasteiger partial charge < -0.3 is 28.6 Å². The van der Waals surface area contributed by atoms with Crippen molar-refractivity contribution in [3.63, 3.8) is 0 Å². The molecule has 0 heterocycles. The minimum Gasteiger partial charge on any atom is -0.494 e. The van der Waals surface area contributed by atoms with Gasteiger partial charge in [-0.15, -0.1) is 0 Å². The number of rotatable bonds is 43. The second-order valence-electron chi connectivity index (χ2n) is 27.7. The van der Waals surface area contributed by atoms with Crippen LogP contribution in [0.5, 0.6) is 28.7 Å². The molecule has 114 heavy (non-hydrogen) atoms. The Labute approximate surface area is 669 Å². The largest absolute Gasteiger partial charge is 0.494 e. The van der Waals surface area contributed by atoms with Crippen LogP contribution in [0.4, 0.5) is 22.7 Å². The summed E-state index contributed by atoms with van der Waals surface area (Å²) in [4.78, 5) is 49.4. The zero-order valence-corrected chi connectivity index (χ0v) is 67.2. The second kappa shape index (κ2) is 45.0. The van der Waals surface area contributed by atoms with E-state index in [0.717, 1.165) is 103 Å². The third kappa shape index (κ3) is 27.4. The molecule has 10 aromatic rings. The average molecular weight is 1580 g/mol. The Hall–Kier alpha value is -11.0. The van der Waals surface area contributed by atoms with Crippen molar-refractivity contribution in [2.45, 2.75) is 185 Å². The molecule has 598 valence electrons. The Balaban J connectivity index is 0.000000273. The minimum atomic E-state index is -4.79. The van der Waals surface area contributed by atoms with Crippen LogP contribution < -0.4 is 23.7 Å². The summed E-state index contributed by atoms with van der Waals surface area (Å²) in [6, 6.07) is 58.4. The van der Waals surface area contributed by atoms with Crippen LogP contribution in [0.3, 0.4) is 0 Å². The summed E-state index contributed by atoms with van der Waals surface area (Å²) in [5, 5.41) is 20.2. The highest BCUT2D eigenvalue weighted by Gasteiger charge is 2.25. The van der Waals surface area contributed by atoms with Gasteiger partial charge in [0, 0.05) is 24.0 Å². The van der Waals surface area contributed by atoms with E-state index in [1.54, 1.807) is 109 Å². The molecule has 0 amide bonds. The molecule has 0 radical (unpaired) electrons. The van der Waals surface area contributed by atoms with Crippen LogP contribution in [0.25, 0.3) is 44.8 Å². The highest BCUT2D eigenvalue weighted by Crippen LogP contribution is 2.46. The first-order valence-electron chi connectivity index (χ1n) is 39.3. The topological polar surface area (TPSA) is 274 Å². The molecule has 0 aliphatic rings. The van der Waals surface area contributed by atoms with Crippen LogP contribution in [0.1, 0.15) is 213 Å². The van der Waals surface area contributed by atoms with Gasteiger partial charge in [-0.25, -0.2) is 9.59 Å². The summed E-state index contributed by atoms with van der Waals surface area (Å²) in [5.41, 5.74) is 4.00. The van der Waals surface area contributed by atoms with E-state index in [-0.39, 0.29) is 34.6 Å². The van der Waals surface area contributed by atoms with Crippen LogP contribution in [0.15, 0.2) is 249 Å². The number of esters is 3. The molecule has 0 aliphatic carbocycles. The number of benzene rings is 10. The average Bonchev–Trinajstić information content (AvgIpc) is 0.750. The van der Waals surface area contributed by atoms with Crippen LogP contribution in [0.2, 0.25) is 0 Å². The summed E-state index contributed by atoms with van der Waals surface area (Å²) in [5.74, 6) is 1.72. The highest BCUT2D eigenvalue weighted by molar-refractivity contribution is 7.86. The van der Waals surface area contributed by atoms with E-state index < -0.39 is 42.0 Å². The van der Waals surface area contributed by atoms with Gasteiger partial charge in [0.1, 0.15) is 50.4 Å². The lowest BCUT2D eigenvalue weighted by atomic mass is 9.92. The monoisotopic (exact) mass is 1580 g/mol. The number of carbonyl (C=O) groups excluding carboxylic acids is 3. The van der Waals surface area contributed by atoms with Crippen molar-refractivity contribution >= 4 is 94.6 Å². The molecule has 2 N–H and O–H groups in total. The standard InChI is InChI=1S/C50H64N4O10S2.C42H38O6/c1-5-7-9-11-13-14-15-17-19-21-50(55)62-47-34-32-44(33-35-47)52-54-46-31-27-42(49(37-46)66(59,60)61)23-22-41-26-30-45(36-48(41)65(56,57)58)53-51-43-28-24-40(25-29-43)39(4)64-63-38(3)20-18-16-12-10-8-6-2;1-3-5-27-45-33-21-15-31(16-22-33)41(43)47-37-25-19-29-11-7-9-13-35(29)39(37)40-36-14-10-8-12-30(36)20-26-38(40)48-42(44)32-17-23-34(24-18-32)46-28-6-4-2/h22-37,39H,3,5-21H2,1-2,4H3,(H,56,57,58)(H,59,60,61);7-26H,3-6,27-28H2,1-2H3/b23-22-,53-51?,54-52?;. The number of ether oxygens (including phenoxy) is 5. The molecule has 0 aromatic heterocycles. The molecule has 22 heteroatoms. The smallest absolute Gasteiger partial charge is 0.343 e. The first kappa shape index (κ1) is 87.0. The van der Waals surface area contributed by atoms with Crippen molar-refractivity contribution in [2.75, 3.05) is 13.2 Å². The van der Waals surface area contributed by atoms with Gasteiger partial charge >= 0.3 is 17.9 Å². The van der Waals surface area contributed by atoms with Gasteiger partial charge in [-0.1, -0.05) is 228 Å². The Morgan fingerprint density at radius 2 is 0.789 bits per heavy atom. The molecule has 1 atom stereocenters. The van der Waals surface area contributed by atoms with Crippen LogP contribution in [0, 0.1) is 0 Å². The number of carbonyl (C=O) groups is 3. The molecule has 0 saturated heterocycles. The summed E-state index contributed by atoms with van der Waals surface area (Å²) in [7, 11) is -9.57. The maximum Gasteiger partial charge on any atom is 0.343 e. The molecular weight excluding hydrogens is 1480 g/mol. The maximum absolute atomic E-state index is 13.6. The molecule has 10 aromatic carbocycles. The summed E-state index contributed by atoms with van der Waals surface area (Å²) < 4.78 is 99.2. The van der Waals surface area contributed by atoms with Crippen LogP contribution in [-0.4, -0.2) is 57.1 Å². The molecular formula is C92H102N4O16S2. The highest BCUT2D eigenvalue weighted by atomic mass is 32.2. The van der Waals surface area contributed by atoms with Crippen molar-refractivity contribution in [1.82, 2.24) is 0 Å². The number of fused-ring (bicyclic) bond motifs is 2. The Kier molecular flexibility index (Phi) is 34.3. The van der Waals surface area contributed by atoms with Gasteiger partial charge in [-0.3, -0.25) is 13.9 Å². The second-order valence-corrected chi connectivity index (χ2v) is 30.5. The van der Waals surface area contributed by atoms with Gasteiger partial charge in [0.15, 0.2) is 0 Å². The molecule has 0 saturated carbocycles. The minimum absolute atomic E-state index is 0.00269. The van der Waals surface area contributed by atoms with Crippen molar-refractivity contribution in [1.29, 1.82) is 0 Å². The fourth-order valence-electron chi connectivity index (χ4n) is 12.3. The molecule has 0 bridgehead atoms.